The summed E-state index contributed by atoms with van der Waals surface area (Å²) in [6, 6.07) is 4.61. The lowest BCUT2D eigenvalue weighted by atomic mass is 10.2. The fourth-order valence-corrected chi connectivity index (χ4v) is 5.00. The van der Waals surface area contributed by atoms with Crippen molar-refractivity contribution in [2.75, 3.05) is 18.9 Å². The van der Waals surface area contributed by atoms with Crippen LogP contribution in [0.5, 0.6) is 11.5 Å². The highest BCUT2D eigenvalue weighted by molar-refractivity contribution is 7.54. The van der Waals surface area contributed by atoms with Gasteiger partial charge in [-0.15, -0.1) is 23.2 Å². The summed E-state index contributed by atoms with van der Waals surface area (Å²) in [6.07, 6.45) is 1.38. The number of imidazole rings is 1. The first-order chi connectivity index (χ1) is 15.6. The van der Waals surface area contributed by atoms with E-state index in [1.807, 2.05) is 0 Å². The van der Waals surface area contributed by atoms with Crippen LogP contribution in [0, 0.1) is 10.1 Å². The van der Waals surface area contributed by atoms with Crippen LogP contribution in [-0.2, 0) is 29.4 Å². The van der Waals surface area contributed by atoms with E-state index in [0.717, 1.165) is 0 Å². The molecule has 0 aliphatic carbocycles. The van der Waals surface area contributed by atoms with Crippen LogP contribution in [0.2, 0.25) is 0 Å². The van der Waals surface area contributed by atoms with E-state index in [0.29, 0.717) is 22.8 Å². The molecule has 0 bridgehead atoms. The predicted molar refractivity (Wildman–Crippen MR) is 126 cm³/mol. The number of rotatable bonds is 14. The highest BCUT2D eigenvalue weighted by Gasteiger charge is 2.27. The number of methoxy groups -OCH3 is 1. The Kier molecular flexibility index (Phi) is 10.4. The van der Waals surface area contributed by atoms with Gasteiger partial charge < -0.3 is 24.1 Å². The van der Waals surface area contributed by atoms with Gasteiger partial charge in [0.05, 0.1) is 20.8 Å². The van der Waals surface area contributed by atoms with Crippen molar-refractivity contribution in [2.24, 2.45) is 7.05 Å². The van der Waals surface area contributed by atoms with Gasteiger partial charge >= 0.3 is 13.6 Å². The maximum atomic E-state index is 13.2. The van der Waals surface area contributed by atoms with Gasteiger partial charge in [-0.1, -0.05) is 11.1 Å². The van der Waals surface area contributed by atoms with Crippen LogP contribution in [-0.4, -0.2) is 45.4 Å². The van der Waals surface area contributed by atoms with Crippen molar-refractivity contribution in [3.05, 3.63) is 45.8 Å². The first-order valence-corrected chi connectivity index (χ1v) is 12.7. The summed E-state index contributed by atoms with van der Waals surface area (Å²) in [4.78, 5) is 14.1. The zero-order chi connectivity index (χ0) is 24.6. The van der Waals surface area contributed by atoms with Gasteiger partial charge in [-0.2, -0.15) is 0 Å². The number of halogens is 2. The highest BCUT2D eigenvalue weighted by Crippen LogP contribution is 2.41. The standard InChI is InChI=1S/C19H28Cl2N5O6P/c1-13(8-20)23-33(29,24-14(2)9-21)32-11-15-5-6-17(18(7-15)30-4)31-12-16-10-22-19(25(16)3)26(27)28/h5-7,10,13-14H,8-9,11-12H2,1-4H3,(H2,23,24,29)/t13-,14-/m1/s1. The number of hydrogen-bond acceptors (Lipinski definition) is 7. The molecule has 0 aliphatic rings. The molecular formula is C19H28Cl2N5O6P. The number of benzene rings is 1. The molecule has 0 radical (unpaired) electrons. The Bertz CT molecular complexity index is 976. The van der Waals surface area contributed by atoms with E-state index < -0.39 is 12.6 Å². The second kappa shape index (κ2) is 12.5. The Hall–Kier alpha value is -1.88. The number of aromatic nitrogens is 2. The molecule has 2 aromatic rings. The van der Waals surface area contributed by atoms with Gasteiger partial charge in [0.1, 0.15) is 12.8 Å². The van der Waals surface area contributed by atoms with Crippen LogP contribution in [0.1, 0.15) is 25.1 Å². The third kappa shape index (κ3) is 7.84. The summed E-state index contributed by atoms with van der Waals surface area (Å²) < 4.78 is 31.4. The first kappa shape index (κ1) is 27.4. The van der Waals surface area contributed by atoms with Gasteiger partial charge in [0, 0.05) is 23.8 Å². The second-order valence-corrected chi connectivity index (χ2v) is 9.83. The molecule has 0 unspecified atom stereocenters. The van der Waals surface area contributed by atoms with Crippen molar-refractivity contribution >= 4 is 36.8 Å². The Morgan fingerprint density at radius 3 is 2.33 bits per heavy atom. The molecule has 0 amide bonds. The van der Waals surface area contributed by atoms with Gasteiger partial charge in [-0.25, -0.2) is 14.7 Å². The summed E-state index contributed by atoms with van der Waals surface area (Å²) in [5.41, 5.74) is 1.22. The summed E-state index contributed by atoms with van der Waals surface area (Å²) in [5.74, 6) is 1.09. The molecule has 1 aromatic heterocycles. The summed E-state index contributed by atoms with van der Waals surface area (Å²) in [5, 5.41) is 16.7. The summed E-state index contributed by atoms with van der Waals surface area (Å²) >= 11 is 11.7. The van der Waals surface area contributed by atoms with Gasteiger partial charge in [0.2, 0.25) is 0 Å². The zero-order valence-corrected chi connectivity index (χ0v) is 21.2. The third-order valence-electron chi connectivity index (χ3n) is 4.48. The third-order valence-corrected chi connectivity index (χ3v) is 7.46. The van der Waals surface area contributed by atoms with E-state index in [1.165, 1.54) is 24.9 Å². The molecule has 0 aliphatic heterocycles. The second-order valence-electron chi connectivity index (χ2n) is 7.33. The molecule has 0 spiro atoms. The predicted octanol–water partition coefficient (Wildman–Crippen LogP) is 3.97. The maximum Gasteiger partial charge on any atom is 0.434 e. The quantitative estimate of drug-likeness (QED) is 0.163. The van der Waals surface area contributed by atoms with Crippen LogP contribution in [0.3, 0.4) is 0 Å². The zero-order valence-electron chi connectivity index (χ0n) is 18.8. The smallest absolute Gasteiger partial charge is 0.434 e. The van der Waals surface area contributed by atoms with Crippen LogP contribution < -0.4 is 19.6 Å². The van der Waals surface area contributed by atoms with Crippen LogP contribution in [0.4, 0.5) is 5.95 Å². The van der Waals surface area contributed by atoms with Crippen LogP contribution >= 0.6 is 30.9 Å². The normalized spacial score (nSPS) is 13.5. The number of nitro groups is 1. The Morgan fingerprint density at radius 2 is 1.82 bits per heavy atom. The highest BCUT2D eigenvalue weighted by atomic mass is 35.5. The van der Waals surface area contributed by atoms with Gasteiger partial charge in [0.15, 0.2) is 17.2 Å². The van der Waals surface area contributed by atoms with E-state index in [1.54, 1.807) is 32.0 Å². The fourth-order valence-electron chi connectivity index (χ4n) is 2.74. The van der Waals surface area contributed by atoms with E-state index in [4.69, 9.17) is 37.2 Å². The minimum absolute atomic E-state index is 0.0197. The molecule has 0 saturated heterocycles. The fraction of sp³-hybridized carbons (Fsp3) is 0.526. The van der Waals surface area contributed by atoms with Crippen molar-refractivity contribution in [3.63, 3.8) is 0 Å². The minimum Gasteiger partial charge on any atom is -0.493 e. The maximum absolute atomic E-state index is 13.2. The lowest BCUT2D eigenvalue weighted by molar-refractivity contribution is -0.396. The minimum atomic E-state index is -3.44. The monoisotopic (exact) mass is 523 g/mol. The van der Waals surface area contributed by atoms with Crippen LogP contribution in [0.25, 0.3) is 0 Å². The Labute approximate surface area is 202 Å². The Morgan fingerprint density at radius 1 is 1.18 bits per heavy atom. The number of nitrogens with zero attached hydrogens (tertiary/aromatic N) is 3. The largest absolute Gasteiger partial charge is 0.493 e. The topological polar surface area (TPSA) is 130 Å². The SMILES string of the molecule is COc1cc(COP(=O)(N[C@H](C)CCl)N[C@H](C)CCl)ccc1OCc1cnc([N+](=O)[O-])n1C. The molecular weight excluding hydrogens is 496 g/mol. The van der Waals surface area contributed by atoms with Crippen molar-refractivity contribution in [2.45, 2.75) is 39.1 Å². The van der Waals surface area contributed by atoms with E-state index in [2.05, 4.69) is 15.2 Å². The Balaban J connectivity index is 2.09. The first-order valence-electron chi connectivity index (χ1n) is 9.99. The van der Waals surface area contributed by atoms with Crippen molar-refractivity contribution in [1.82, 2.24) is 19.7 Å². The van der Waals surface area contributed by atoms with Crippen molar-refractivity contribution in [3.8, 4) is 11.5 Å². The lowest BCUT2D eigenvalue weighted by Crippen LogP contribution is -2.36. The molecule has 11 nitrogen and oxygen atoms in total. The average molecular weight is 524 g/mol. The number of hydrogen-bond donors (Lipinski definition) is 2. The van der Waals surface area contributed by atoms with E-state index in [-0.39, 0.29) is 43.0 Å². The molecule has 184 valence electrons. The number of nitrogens with one attached hydrogen (secondary N) is 2. The molecule has 0 saturated carbocycles. The van der Waals surface area contributed by atoms with Crippen molar-refractivity contribution < 1.29 is 23.5 Å². The van der Waals surface area contributed by atoms with E-state index >= 15 is 0 Å². The molecule has 0 fully saturated rings. The molecule has 33 heavy (non-hydrogen) atoms. The lowest BCUT2D eigenvalue weighted by Gasteiger charge is -2.26. The van der Waals surface area contributed by atoms with Crippen molar-refractivity contribution in [1.29, 1.82) is 0 Å². The van der Waals surface area contributed by atoms with Gasteiger partial charge in [0.25, 0.3) is 0 Å². The molecule has 14 heteroatoms. The van der Waals surface area contributed by atoms with Gasteiger partial charge in [-0.3, -0.25) is 4.57 Å². The summed E-state index contributed by atoms with van der Waals surface area (Å²) in [6.45, 7) is 3.66. The molecule has 2 N–H and O–H groups in total. The molecule has 2 rings (SSSR count). The average Bonchev–Trinajstić information content (AvgIpc) is 3.16. The number of alkyl halides is 2. The molecule has 2 atom stereocenters. The molecule has 1 heterocycles. The van der Waals surface area contributed by atoms with Gasteiger partial charge in [-0.05, 0) is 36.5 Å². The number of ether oxygens (including phenoxy) is 2. The molecule has 1 aromatic carbocycles. The van der Waals surface area contributed by atoms with Crippen LogP contribution in [0.15, 0.2) is 24.4 Å². The van der Waals surface area contributed by atoms with E-state index in [9.17, 15) is 14.7 Å². The summed E-state index contributed by atoms with van der Waals surface area (Å²) in [7, 11) is -0.410.